The maximum Gasteiger partial charge on any atom is 0.241 e. The van der Waals surface area contributed by atoms with E-state index in [1.165, 1.54) is 0 Å². The Balaban J connectivity index is 2.13. The molecule has 1 atom stereocenters. The molecule has 1 aliphatic rings. The molecule has 1 aromatic rings. The minimum atomic E-state index is -3.82. The summed E-state index contributed by atoms with van der Waals surface area (Å²) in [7, 11) is -3.82. The van der Waals surface area contributed by atoms with Crippen LogP contribution in [-0.4, -0.2) is 78.0 Å². The molecule has 0 spiro atoms. The summed E-state index contributed by atoms with van der Waals surface area (Å²) in [5.41, 5.74) is 0.966. The van der Waals surface area contributed by atoms with Crippen LogP contribution in [0.4, 0.5) is 0 Å². The molecule has 9 heteroatoms. The second-order valence-electron chi connectivity index (χ2n) is 7.78. The van der Waals surface area contributed by atoms with Crippen LogP contribution in [0, 0.1) is 12.8 Å². The molecule has 1 N–H and O–H groups in total. The van der Waals surface area contributed by atoms with Gasteiger partial charge in [0.05, 0.1) is 44.5 Å². The van der Waals surface area contributed by atoms with Gasteiger partial charge in [0.2, 0.25) is 15.9 Å². The van der Waals surface area contributed by atoms with Crippen molar-refractivity contribution in [3.63, 3.8) is 0 Å². The van der Waals surface area contributed by atoms with Gasteiger partial charge in [0.15, 0.2) is 0 Å². The lowest BCUT2D eigenvalue weighted by Gasteiger charge is -2.29. The van der Waals surface area contributed by atoms with Crippen LogP contribution in [0.5, 0.6) is 0 Å². The Morgan fingerprint density at radius 2 is 1.47 bits per heavy atom. The molecule has 1 aliphatic heterocycles. The van der Waals surface area contributed by atoms with Crippen molar-refractivity contribution in [2.45, 2.75) is 38.1 Å². The molecule has 1 saturated heterocycles. The molecular formula is C21H34N2O6S. The SMILES string of the molecule is Cc1ccc(S(=O)(=O)N[C@@H](CC(C)C)C(=O)N2CCOCCOCCOCC2)cc1. The summed E-state index contributed by atoms with van der Waals surface area (Å²) >= 11 is 0. The normalized spacial score (nSPS) is 18.5. The van der Waals surface area contributed by atoms with Crippen LogP contribution < -0.4 is 4.72 Å². The highest BCUT2D eigenvalue weighted by Gasteiger charge is 2.30. The van der Waals surface area contributed by atoms with Crippen LogP contribution in [0.25, 0.3) is 0 Å². The van der Waals surface area contributed by atoms with E-state index in [0.29, 0.717) is 59.2 Å². The van der Waals surface area contributed by atoms with E-state index < -0.39 is 16.1 Å². The van der Waals surface area contributed by atoms with Gasteiger partial charge in [0, 0.05) is 13.1 Å². The third-order valence-corrected chi connectivity index (χ3v) is 6.19. The zero-order valence-electron chi connectivity index (χ0n) is 18.1. The van der Waals surface area contributed by atoms with Crippen molar-refractivity contribution in [1.82, 2.24) is 9.62 Å². The standard InChI is InChI=1S/C21H34N2O6S/c1-17(2)16-20(22-30(25,26)19-6-4-18(3)5-7-19)21(24)23-8-10-27-12-14-29-15-13-28-11-9-23/h4-7,17,20,22H,8-16H2,1-3H3/t20-/m0/s1. The van der Waals surface area contributed by atoms with Gasteiger partial charge < -0.3 is 19.1 Å². The molecule has 1 aromatic carbocycles. The highest BCUT2D eigenvalue weighted by atomic mass is 32.2. The van der Waals surface area contributed by atoms with Gasteiger partial charge >= 0.3 is 0 Å². The summed E-state index contributed by atoms with van der Waals surface area (Å²) in [6.45, 7) is 9.09. The molecular weight excluding hydrogens is 408 g/mol. The second-order valence-corrected chi connectivity index (χ2v) is 9.49. The Labute approximate surface area is 179 Å². The second kappa shape index (κ2) is 12.4. The van der Waals surface area contributed by atoms with Crippen LogP contribution >= 0.6 is 0 Å². The maximum atomic E-state index is 13.3. The molecule has 1 heterocycles. The Kier molecular flexibility index (Phi) is 10.2. The number of aryl methyl sites for hydroxylation is 1. The van der Waals surface area contributed by atoms with Gasteiger partial charge in [-0.25, -0.2) is 8.42 Å². The zero-order valence-corrected chi connectivity index (χ0v) is 18.9. The van der Waals surface area contributed by atoms with E-state index in [0.717, 1.165) is 5.56 Å². The Bertz CT molecular complexity index is 739. The number of ether oxygens (including phenoxy) is 3. The third kappa shape index (κ3) is 8.31. The van der Waals surface area contributed by atoms with E-state index in [-0.39, 0.29) is 16.7 Å². The molecule has 0 bridgehead atoms. The van der Waals surface area contributed by atoms with Crippen LogP contribution in [0.15, 0.2) is 29.2 Å². The molecule has 0 saturated carbocycles. The molecule has 0 aromatic heterocycles. The van der Waals surface area contributed by atoms with E-state index in [1.807, 2.05) is 20.8 Å². The van der Waals surface area contributed by atoms with Crippen molar-refractivity contribution in [3.05, 3.63) is 29.8 Å². The van der Waals surface area contributed by atoms with Gasteiger partial charge in [0.25, 0.3) is 0 Å². The third-order valence-electron chi connectivity index (χ3n) is 4.70. The molecule has 8 nitrogen and oxygen atoms in total. The van der Waals surface area contributed by atoms with Gasteiger partial charge in [-0.05, 0) is 31.4 Å². The Hall–Kier alpha value is -1.52. The average Bonchev–Trinajstić information content (AvgIpc) is 2.67. The summed E-state index contributed by atoms with van der Waals surface area (Å²) in [6.07, 6.45) is 0.399. The molecule has 2 rings (SSSR count). The maximum absolute atomic E-state index is 13.3. The van der Waals surface area contributed by atoms with Gasteiger partial charge in [-0.3, -0.25) is 4.79 Å². The van der Waals surface area contributed by atoms with Crippen molar-refractivity contribution in [2.75, 3.05) is 52.7 Å². The predicted molar refractivity (Wildman–Crippen MR) is 114 cm³/mol. The van der Waals surface area contributed by atoms with E-state index in [2.05, 4.69) is 4.72 Å². The summed E-state index contributed by atoms with van der Waals surface area (Å²) in [5, 5.41) is 0. The van der Waals surface area contributed by atoms with Crippen molar-refractivity contribution < 1.29 is 27.4 Å². The van der Waals surface area contributed by atoms with Gasteiger partial charge in [0.1, 0.15) is 6.04 Å². The summed E-state index contributed by atoms with van der Waals surface area (Å²) in [4.78, 5) is 15.0. The van der Waals surface area contributed by atoms with E-state index in [4.69, 9.17) is 14.2 Å². The molecule has 0 unspecified atom stereocenters. The summed E-state index contributed by atoms with van der Waals surface area (Å²) in [6, 6.07) is 5.72. The first-order chi connectivity index (χ1) is 14.3. The Morgan fingerprint density at radius 1 is 0.967 bits per heavy atom. The number of carbonyl (C=O) groups is 1. The highest BCUT2D eigenvalue weighted by Crippen LogP contribution is 2.15. The smallest absolute Gasteiger partial charge is 0.241 e. The number of nitrogens with one attached hydrogen (secondary N) is 1. The fourth-order valence-electron chi connectivity index (χ4n) is 3.09. The van der Waals surface area contributed by atoms with Crippen molar-refractivity contribution in [3.8, 4) is 0 Å². The van der Waals surface area contributed by atoms with E-state index >= 15 is 0 Å². The van der Waals surface area contributed by atoms with Crippen LogP contribution in [-0.2, 0) is 29.0 Å². The highest BCUT2D eigenvalue weighted by molar-refractivity contribution is 7.89. The van der Waals surface area contributed by atoms with Gasteiger partial charge in [-0.1, -0.05) is 31.5 Å². The first-order valence-corrected chi connectivity index (χ1v) is 11.9. The first kappa shape index (κ1) is 24.7. The predicted octanol–water partition coefficient (Wildman–Crippen LogP) is 1.58. The number of carbonyl (C=O) groups excluding carboxylic acids is 1. The number of amides is 1. The fraction of sp³-hybridized carbons (Fsp3) is 0.667. The largest absolute Gasteiger partial charge is 0.377 e. The lowest BCUT2D eigenvalue weighted by atomic mass is 10.0. The van der Waals surface area contributed by atoms with Crippen molar-refractivity contribution in [1.29, 1.82) is 0 Å². The van der Waals surface area contributed by atoms with Crippen molar-refractivity contribution in [2.24, 2.45) is 5.92 Å². The minimum Gasteiger partial charge on any atom is -0.377 e. The molecule has 1 fully saturated rings. The topological polar surface area (TPSA) is 94.2 Å². The van der Waals surface area contributed by atoms with E-state index in [1.54, 1.807) is 29.2 Å². The number of benzene rings is 1. The molecule has 0 radical (unpaired) electrons. The van der Waals surface area contributed by atoms with Crippen LogP contribution in [0.3, 0.4) is 0 Å². The van der Waals surface area contributed by atoms with E-state index in [9.17, 15) is 13.2 Å². The first-order valence-electron chi connectivity index (χ1n) is 10.4. The monoisotopic (exact) mass is 442 g/mol. The fourth-order valence-corrected chi connectivity index (χ4v) is 4.29. The summed E-state index contributed by atoms with van der Waals surface area (Å²) < 4.78 is 44.8. The number of hydrogen-bond acceptors (Lipinski definition) is 6. The van der Waals surface area contributed by atoms with Crippen LogP contribution in [0.2, 0.25) is 0 Å². The summed E-state index contributed by atoms with van der Waals surface area (Å²) in [5.74, 6) is -0.128. The molecule has 1 amide bonds. The Morgan fingerprint density at radius 3 is 1.97 bits per heavy atom. The van der Waals surface area contributed by atoms with Crippen molar-refractivity contribution >= 4 is 15.9 Å². The lowest BCUT2D eigenvalue weighted by Crippen LogP contribution is -2.50. The minimum absolute atomic E-state index is 0.136. The number of sulfonamides is 1. The number of nitrogens with zero attached hydrogens (tertiary/aromatic N) is 1. The average molecular weight is 443 g/mol. The molecule has 0 aliphatic carbocycles. The lowest BCUT2D eigenvalue weighted by molar-refractivity contribution is -0.135. The van der Waals surface area contributed by atoms with Gasteiger partial charge in [-0.2, -0.15) is 4.72 Å². The molecule has 30 heavy (non-hydrogen) atoms. The molecule has 170 valence electrons. The van der Waals surface area contributed by atoms with Crippen LogP contribution in [0.1, 0.15) is 25.8 Å². The quantitative estimate of drug-likeness (QED) is 0.719. The zero-order chi connectivity index (χ0) is 22.0. The van der Waals surface area contributed by atoms with Gasteiger partial charge in [-0.15, -0.1) is 0 Å². The number of hydrogen-bond donors (Lipinski definition) is 1. The number of rotatable bonds is 6.